The minimum absolute atomic E-state index is 0.338. The van der Waals surface area contributed by atoms with Crippen LogP contribution in [-0.4, -0.2) is 58.1 Å². The molecule has 1 aliphatic heterocycles. The largest absolute Gasteiger partial charge is 0.373 e. The predicted octanol–water partition coefficient (Wildman–Crippen LogP) is 2.14. The summed E-state index contributed by atoms with van der Waals surface area (Å²) in [6, 6.07) is 4.38. The number of aromatic nitrogens is 5. The second-order valence-electron chi connectivity index (χ2n) is 6.84. The van der Waals surface area contributed by atoms with Gasteiger partial charge in [-0.1, -0.05) is 6.92 Å². The molecule has 3 aromatic heterocycles. The van der Waals surface area contributed by atoms with Crippen molar-refractivity contribution in [2.75, 3.05) is 42.3 Å². The van der Waals surface area contributed by atoms with E-state index in [2.05, 4.69) is 54.0 Å². The van der Waals surface area contributed by atoms with Gasteiger partial charge in [-0.3, -0.25) is 0 Å². The Morgan fingerprint density at radius 3 is 2.92 bits per heavy atom. The van der Waals surface area contributed by atoms with E-state index in [-0.39, 0.29) is 0 Å². The van der Waals surface area contributed by atoms with Crippen molar-refractivity contribution in [1.29, 1.82) is 0 Å². The third-order valence-corrected chi connectivity index (χ3v) is 5.32. The van der Waals surface area contributed by atoms with Crippen LogP contribution >= 0.6 is 0 Å². The molecule has 1 aliphatic rings. The number of rotatable bonds is 4. The molecule has 0 radical (unpaired) electrons. The summed E-state index contributed by atoms with van der Waals surface area (Å²) in [7, 11) is 4.00. The number of piperidine rings is 1. The van der Waals surface area contributed by atoms with E-state index in [0.717, 1.165) is 48.0 Å². The molecular formula is C18H24N8. The fraction of sp³-hybridized carbons (Fsp3) is 0.444. The summed E-state index contributed by atoms with van der Waals surface area (Å²) in [4.78, 5) is 25.3. The van der Waals surface area contributed by atoms with E-state index in [1.807, 2.05) is 25.4 Å². The maximum Gasteiger partial charge on any atom is 0.142 e. The van der Waals surface area contributed by atoms with Gasteiger partial charge >= 0.3 is 0 Å². The summed E-state index contributed by atoms with van der Waals surface area (Å²) >= 11 is 0. The fourth-order valence-electron chi connectivity index (χ4n) is 3.71. The summed E-state index contributed by atoms with van der Waals surface area (Å²) in [5.41, 5.74) is 0.872. The van der Waals surface area contributed by atoms with Crippen LogP contribution in [-0.2, 0) is 0 Å². The zero-order chi connectivity index (χ0) is 18.1. The van der Waals surface area contributed by atoms with Crippen LogP contribution in [0.5, 0.6) is 0 Å². The van der Waals surface area contributed by atoms with Gasteiger partial charge in [0, 0.05) is 39.4 Å². The van der Waals surface area contributed by atoms with E-state index in [4.69, 9.17) is 0 Å². The summed E-state index contributed by atoms with van der Waals surface area (Å²) < 4.78 is 0. The molecule has 1 fully saturated rings. The first-order chi connectivity index (χ1) is 12.7. The number of anilines is 3. The van der Waals surface area contributed by atoms with Gasteiger partial charge in [-0.2, -0.15) is 0 Å². The maximum atomic E-state index is 4.55. The molecule has 0 spiro atoms. The van der Waals surface area contributed by atoms with Gasteiger partial charge in [0.25, 0.3) is 0 Å². The van der Waals surface area contributed by atoms with Crippen molar-refractivity contribution in [3.8, 4) is 0 Å². The Morgan fingerprint density at radius 2 is 2.08 bits per heavy atom. The average molecular weight is 352 g/mol. The van der Waals surface area contributed by atoms with E-state index in [9.17, 15) is 0 Å². The third-order valence-electron chi connectivity index (χ3n) is 5.32. The Balaban J connectivity index is 1.61. The van der Waals surface area contributed by atoms with Crippen LogP contribution in [0.15, 0.2) is 31.0 Å². The molecule has 26 heavy (non-hydrogen) atoms. The highest BCUT2D eigenvalue weighted by molar-refractivity contribution is 5.87. The number of likely N-dealkylation sites (N-methyl/N-ethyl adjacent to an activating group) is 1. The monoisotopic (exact) mass is 352 g/mol. The standard InChI is InChI=1S/C18H24N8/c1-12-5-7-26(16-8-15(19-2)21-10-22-16)9-14(12)25(3)18-13-4-6-20-17(13)23-11-24-18/h4,6,8,10-12,14H,5,7,9H2,1-3H3,(H,19,21,22)(H,20,23,24). The number of nitrogens with zero attached hydrogens (tertiary/aromatic N) is 6. The second-order valence-corrected chi connectivity index (χ2v) is 6.84. The van der Waals surface area contributed by atoms with Crippen LogP contribution in [0.2, 0.25) is 0 Å². The summed E-state index contributed by atoms with van der Waals surface area (Å²) in [6.07, 6.45) is 6.26. The first-order valence-electron chi connectivity index (χ1n) is 8.93. The van der Waals surface area contributed by atoms with Crippen molar-refractivity contribution in [3.63, 3.8) is 0 Å². The molecule has 2 unspecified atom stereocenters. The Morgan fingerprint density at radius 1 is 1.23 bits per heavy atom. The van der Waals surface area contributed by atoms with Gasteiger partial charge in [-0.05, 0) is 18.4 Å². The highest BCUT2D eigenvalue weighted by Crippen LogP contribution is 2.30. The summed E-state index contributed by atoms with van der Waals surface area (Å²) in [5.74, 6) is 3.33. The molecule has 4 heterocycles. The van der Waals surface area contributed by atoms with Crippen molar-refractivity contribution in [2.24, 2.45) is 5.92 Å². The molecule has 2 atom stereocenters. The molecule has 0 aliphatic carbocycles. The van der Waals surface area contributed by atoms with Crippen molar-refractivity contribution in [3.05, 3.63) is 31.0 Å². The summed E-state index contributed by atoms with van der Waals surface area (Å²) in [5, 5.41) is 4.14. The number of aromatic amines is 1. The van der Waals surface area contributed by atoms with E-state index in [1.165, 1.54) is 0 Å². The molecule has 4 rings (SSSR count). The fourth-order valence-corrected chi connectivity index (χ4v) is 3.71. The average Bonchev–Trinajstić information content (AvgIpc) is 3.16. The molecule has 8 nitrogen and oxygen atoms in total. The predicted molar refractivity (Wildman–Crippen MR) is 104 cm³/mol. The first-order valence-corrected chi connectivity index (χ1v) is 8.93. The molecule has 0 bridgehead atoms. The zero-order valence-electron chi connectivity index (χ0n) is 15.3. The normalized spacial score (nSPS) is 20.3. The molecule has 2 N–H and O–H groups in total. The lowest BCUT2D eigenvalue weighted by molar-refractivity contribution is 0.366. The Bertz CT molecular complexity index is 892. The topological polar surface area (TPSA) is 85.9 Å². The first kappa shape index (κ1) is 16.6. The number of H-pyrrole nitrogens is 1. The second kappa shape index (κ2) is 6.78. The van der Waals surface area contributed by atoms with Crippen LogP contribution in [0.3, 0.4) is 0 Å². The van der Waals surface area contributed by atoms with Crippen molar-refractivity contribution >= 4 is 28.5 Å². The lowest BCUT2D eigenvalue weighted by Gasteiger charge is -2.42. The van der Waals surface area contributed by atoms with Gasteiger partial charge in [-0.25, -0.2) is 19.9 Å². The van der Waals surface area contributed by atoms with E-state index < -0.39 is 0 Å². The van der Waals surface area contributed by atoms with Crippen LogP contribution in [0, 0.1) is 5.92 Å². The molecule has 3 aromatic rings. The van der Waals surface area contributed by atoms with Gasteiger partial charge in [0.2, 0.25) is 0 Å². The zero-order valence-corrected chi connectivity index (χ0v) is 15.3. The summed E-state index contributed by atoms with van der Waals surface area (Å²) in [6.45, 7) is 4.20. The van der Waals surface area contributed by atoms with Crippen molar-refractivity contribution < 1.29 is 0 Å². The molecule has 136 valence electrons. The number of hydrogen-bond donors (Lipinski definition) is 2. The number of nitrogens with one attached hydrogen (secondary N) is 2. The molecular weight excluding hydrogens is 328 g/mol. The van der Waals surface area contributed by atoms with Crippen molar-refractivity contribution in [1.82, 2.24) is 24.9 Å². The minimum atomic E-state index is 0.338. The van der Waals surface area contributed by atoms with Crippen LogP contribution in [0.1, 0.15) is 13.3 Å². The Labute approximate surface area is 152 Å². The van der Waals surface area contributed by atoms with Crippen molar-refractivity contribution in [2.45, 2.75) is 19.4 Å². The van der Waals surface area contributed by atoms with Gasteiger partial charge in [-0.15, -0.1) is 0 Å². The number of fused-ring (bicyclic) bond motifs is 1. The van der Waals surface area contributed by atoms with E-state index in [0.29, 0.717) is 12.0 Å². The van der Waals surface area contributed by atoms with E-state index >= 15 is 0 Å². The highest BCUT2D eigenvalue weighted by Gasteiger charge is 2.31. The van der Waals surface area contributed by atoms with Gasteiger partial charge in [0.1, 0.15) is 35.8 Å². The lowest BCUT2D eigenvalue weighted by atomic mass is 9.92. The maximum absolute atomic E-state index is 4.55. The molecule has 8 heteroatoms. The van der Waals surface area contributed by atoms with Gasteiger partial charge < -0.3 is 20.1 Å². The van der Waals surface area contributed by atoms with Gasteiger partial charge in [0.15, 0.2) is 0 Å². The molecule has 0 amide bonds. The van der Waals surface area contributed by atoms with Crippen LogP contribution < -0.4 is 15.1 Å². The quantitative estimate of drug-likeness (QED) is 0.744. The van der Waals surface area contributed by atoms with Crippen LogP contribution in [0.4, 0.5) is 17.5 Å². The Kier molecular flexibility index (Phi) is 4.32. The molecule has 0 saturated carbocycles. The van der Waals surface area contributed by atoms with E-state index in [1.54, 1.807) is 12.7 Å². The molecule has 0 aromatic carbocycles. The minimum Gasteiger partial charge on any atom is -0.373 e. The smallest absolute Gasteiger partial charge is 0.142 e. The SMILES string of the molecule is CNc1cc(N2CCC(C)C(N(C)c3ncnc4[nH]ccc34)C2)ncn1. The van der Waals surface area contributed by atoms with Gasteiger partial charge in [0.05, 0.1) is 11.4 Å². The third kappa shape index (κ3) is 2.91. The van der Waals surface area contributed by atoms with Crippen LogP contribution in [0.25, 0.3) is 11.0 Å². The molecule has 1 saturated heterocycles. The highest BCUT2D eigenvalue weighted by atomic mass is 15.3. The Hall–Kier alpha value is -2.90. The lowest BCUT2D eigenvalue weighted by Crippen LogP contribution is -2.51. The number of hydrogen-bond acceptors (Lipinski definition) is 7.